The van der Waals surface area contributed by atoms with E-state index in [-0.39, 0.29) is 22.1 Å². The highest BCUT2D eigenvalue weighted by atomic mass is 35.5. The van der Waals surface area contributed by atoms with E-state index in [4.69, 9.17) is 22.1 Å². The number of benzene rings is 1. The molecule has 0 saturated carbocycles. The van der Waals surface area contributed by atoms with Crippen molar-refractivity contribution in [1.29, 1.82) is 0 Å². The summed E-state index contributed by atoms with van der Waals surface area (Å²) in [4.78, 5) is 0.0216. The fourth-order valence-electron chi connectivity index (χ4n) is 2.11. The third-order valence-corrected chi connectivity index (χ3v) is 5.05. The van der Waals surface area contributed by atoms with Crippen LogP contribution in [0.2, 0.25) is 5.02 Å². The Morgan fingerprint density at radius 3 is 2.89 bits per heavy atom. The van der Waals surface area contributed by atoms with E-state index in [0.717, 1.165) is 0 Å². The fraction of sp³-hybridized carbons (Fsp3) is 0.500. The van der Waals surface area contributed by atoms with Crippen LogP contribution in [0.3, 0.4) is 0 Å². The molecule has 1 aliphatic rings. The summed E-state index contributed by atoms with van der Waals surface area (Å²) in [5, 5.41) is 0.168. The molecule has 5 nitrogen and oxygen atoms in total. The van der Waals surface area contributed by atoms with E-state index in [9.17, 15) is 8.42 Å². The van der Waals surface area contributed by atoms with Crippen LogP contribution in [-0.4, -0.2) is 27.2 Å². The number of hydrogen-bond acceptors (Lipinski definition) is 4. The summed E-state index contributed by atoms with van der Waals surface area (Å²) in [5.41, 5.74) is 5.97. The number of rotatable bonds is 3. The van der Waals surface area contributed by atoms with Gasteiger partial charge >= 0.3 is 0 Å². The zero-order valence-corrected chi connectivity index (χ0v) is 12.2. The Hall–Kier alpha value is -0.820. The number of hydrogen-bond donors (Lipinski definition) is 2. The summed E-state index contributed by atoms with van der Waals surface area (Å²) in [7, 11) is -3.65. The van der Waals surface area contributed by atoms with Gasteiger partial charge in [0.25, 0.3) is 0 Å². The number of ether oxygens (including phenoxy) is 1. The molecule has 2 atom stereocenters. The minimum Gasteiger partial charge on any atom is -0.399 e. The zero-order chi connectivity index (χ0) is 14.0. The highest BCUT2D eigenvalue weighted by molar-refractivity contribution is 7.89. The van der Waals surface area contributed by atoms with Crippen molar-refractivity contribution < 1.29 is 13.2 Å². The van der Waals surface area contributed by atoms with Crippen molar-refractivity contribution in [2.75, 3.05) is 12.3 Å². The van der Waals surface area contributed by atoms with E-state index in [1.165, 1.54) is 12.1 Å². The molecule has 7 heteroatoms. The molecule has 0 bridgehead atoms. The molecule has 1 saturated heterocycles. The van der Waals surface area contributed by atoms with Crippen LogP contribution in [0.15, 0.2) is 23.1 Å². The molecule has 1 aliphatic heterocycles. The van der Waals surface area contributed by atoms with E-state index in [1.807, 2.05) is 6.92 Å². The number of sulfonamides is 1. The molecule has 2 unspecified atom stereocenters. The molecular formula is C12H17ClN2O3S. The summed E-state index contributed by atoms with van der Waals surface area (Å²) in [5.74, 6) is 0. The van der Waals surface area contributed by atoms with Crippen LogP contribution in [-0.2, 0) is 14.8 Å². The molecule has 2 rings (SSSR count). The molecule has 0 radical (unpaired) electrons. The van der Waals surface area contributed by atoms with Crippen molar-refractivity contribution >= 4 is 27.3 Å². The van der Waals surface area contributed by atoms with Crippen LogP contribution in [0.5, 0.6) is 0 Å². The maximum absolute atomic E-state index is 12.3. The third-order valence-electron chi connectivity index (χ3n) is 3.05. The van der Waals surface area contributed by atoms with Gasteiger partial charge in [-0.3, -0.25) is 0 Å². The van der Waals surface area contributed by atoms with Gasteiger partial charge in [-0.15, -0.1) is 0 Å². The Kier molecular flexibility index (Phi) is 4.35. The normalized spacial score (nSPS) is 24.3. The van der Waals surface area contributed by atoms with Crippen LogP contribution in [0, 0.1) is 0 Å². The first-order chi connectivity index (χ1) is 8.88. The summed E-state index contributed by atoms with van der Waals surface area (Å²) < 4.78 is 32.6. The van der Waals surface area contributed by atoms with E-state index < -0.39 is 10.0 Å². The lowest BCUT2D eigenvalue weighted by Gasteiger charge is -2.27. The predicted octanol–water partition coefficient (Wildman–Crippen LogP) is 1.77. The van der Waals surface area contributed by atoms with Crippen molar-refractivity contribution in [2.24, 2.45) is 0 Å². The predicted molar refractivity (Wildman–Crippen MR) is 74.6 cm³/mol. The average molecular weight is 305 g/mol. The first kappa shape index (κ1) is 14.6. The molecule has 0 aromatic heterocycles. The van der Waals surface area contributed by atoms with Crippen LogP contribution < -0.4 is 10.5 Å². The summed E-state index contributed by atoms with van der Waals surface area (Å²) in [6.07, 6.45) is 1.36. The Balaban J connectivity index is 2.20. The van der Waals surface area contributed by atoms with Gasteiger partial charge in [0.15, 0.2) is 0 Å². The third kappa shape index (κ3) is 3.60. The largest absolute Gasteiger partial charge is 0.399 e. The molecule has 0 aliphatic carbocycles. The average Bonchev–Trinajstić information content (AvgIpc) is 2.31. The first-order valence-electron chi connectivity index (χ1n) is 6.07. The van der Waals surface area contributed by atoms with E-state index >= 15 is 0 Å². The summed E-state index contributed by atoms with van der Waals surface area (Å²) >= 11 is 5.93. The zero-order valence-electron chi connectivity index (χ0n) is 10.6. The summed E-state index contributed by atoms with van der Waals surface area (Å²) in [6, 6.07) is 4.29. The van der Waals surface area contributed by atoms with Crippen LogP contribution >= 0.6 is 11.6 Å². The quantitative estimate of drug-likeness (QED) is 0.834. The van der Waals surface area contributed by atoms with Gasteiger partial charge in [-0.25, -0.2) is 13.1 Å². The molecule has 1 aromatic rings. The molecule has 106 valence electrons. The smallest absolute Gasteiger partial charge is 0.242 e. The van der Waals surface area contributed by atoms with E-state index in [2.05, 4.69) is 4.72 Å². The molecule has 3 N–H and O–H groups in total. The Labute approximate surface area is 118 Å². The minimum atomic E-state index is -3.65. The second-order valence-corrected chi connectivity index (χ2v) is 6.80. The maximum Gasteiger partial charge on any atom is 0.242 e. The van der Waals surface area contributed by atoms with Gasteiger partial charge in [0.05, 0.1) is 11.1 Å². The molecule has 19 heavy (non-hydrogen) atoms. The van der Waals surface area contributed by atoms with Gasteiger partial charge in [0.2, 0.25) is 10.0 Å². The Morgan fingerprint density at radius 2 is 2.21 bits per heavy atom. The van der Waals surface area contributed by atoms with Gasteiger partial charge in [-0.1, -0.05) is 11.6 Å². The Morgan fingerprint density at radius 1 is 1.47 bits per heavy atom. The molecule has 0 amide bonds. The van der Waals surface area contributed by atoms with E-state index in [1.54, 1.807) is 6.07 Å². The van der Waals surface area contributed by atoms with Crippen molar-refractivity contribution in [3.8, 4) is 0 Å². The second kappa shape index (κ2) is 5.66. The second-order valence-electron chi connectivity index (χ2n) is 4.71. The molecular weight excluding hydrogens is 288 g/mol. The monoisotopic (exact) mass is 304 g/mol. The minimum absolute atomic E-state index is 0.0216. The van der Waals surface area contributed by atoms with Crippen molar-refractivity contribution in [3.63, 3.8) is 0 Å². The number of halogens is 1. The van der Waals surface area contributed by atoms with E-state index in [0.29, 0.717) is 25.1 Å². The highest BCUT2D eigenvalue weighted by Crippen LogP contribution is 2.25. The van der Waals surface area contributed by atoms with Crippen LogP contribution in [0.25, 0.3) is 0 Å². The molecule has 0 spiro atoms. The topological polar surface area (TPSA) is 81.4 Å². The van der Waals surface area contributed by atoms with Gasteiger partial charge in [0, 0.05) is 18.3 Å². The van der Waals surface area contributed by atoms with Crippen LogP contribution in [0.1, 0.15) is 19.8 Å². The number of nitrogens with two attached hydrogens (primary N) is 1. The summed E-state index contributed by atoms with van der Waals surface area (Å²) in [6.45, 7) is 2.48. The standard InChI is InChI=1S/C12H17ClN2O3S/c1-8-6-10(4-5-18-8)15-19(16,17)12-7-9(14)2-3-11(12)13/h2-3,7-8,10,15H,4-6,14H2,1H3. The maximum atomic E-state index is 12.3. The fourth-order valence-corrected chi connectivity index (χ4v) is 3.93. The van der Waals surface area contributed by atoms with Gasteiger partial charge in [0.1, 0.15) is 4.90 Å². The Bertz CT molecular complexity index is 562. The highest BCUT2D eigenvalue weighted by Gasteiger charge is 2.26. The van der Waals surface area contributed by atoms with Gasteiger partial charge < -0.3 is 10.5 Å². The SMILES string of the molecule is CC1CC(NS(=O)(=O)c2cc(N)ccc2Cl)CCO1. The van der Waals surface area contributed by atoms with Crippen molar-refractivity contribution in [1.82, 2.24) is 4.72 Å². The lowest BCUT2D eigenvalue weighted by molar-refractivity contribution is 0.0173. The van der Waals surface area contributed by atoms with Gasteiger partial charge in [-0.2, -0.15) is 0 Å². The molecule has 1 heterocycles. The van der Waals surface area contributed by atoms with Crippen molar-refractivity contribution in [3.05, 3.63) is 23.2 Å². The van der Waals surface area contributed by atoms with Gasteiger partial charge in [-0.05, 0) is 38.0 Å². The lowest BCUT2D eigenvalue weighted by Crippen LogP contribution is -2.41. The number of nitrogens with one attached hydrogen (secondary N) is 1. The first-order valence-corrected chi connectivity index (χ1v) is 7.93. The lowest BCUT2D eigenvalue weighted by atomic mass is 10.1. The number of anilines is 1. The molecule has 1 aromatic carbocycles. The van der Waals surface area contributed by atoms with Crippen LogP contribution in [0.4, 0.5) is 5.69 Å². The molecule has 1 fully saturated rings. The van der Waals surface area contributed by atoms with Crippen molar-refractivity contribution in [2.45, 2.75) is 36.8 Å². The number of nitrogen functional groups attached to an aromatic ring is 1.